The molecule has 0 aliphatic rings. The largest absolute Gasteiger partial charge is 0.388 e. The van der Waals surface area contributed by atoms with Crippen molar-refractivity contribution in [2.75, 3.05) is 32.6 Å². The fourth-order valence-electron chi connectivity index (χ4n) is 1.66. The summed E-state index contributed by atoms with van der Waals surface area (Å²) in [6.45, 7) is 6.93. The molecule has 1 N–H and O–H groups in total. The second-order valence-electron chi connectivity index (χ2n) is 4.34. The molecule has 1 aromatic rings. The van der Waals surface area contributed by atoms with E-state index in [1.54, 1.807) is 7.11 Å². The number of rotatable bonds is 7. The summed E-state index contributed by atoms with van der Waals surface area (Å²) in [5.74, 6) is 0. The zero-order valence-electron chi connectivity index (χ0n) is 11.2. The summed E-state index contributed by atoms with van der Waals surface area (Å²) in [5.41, 5.74) is 2.19. The van der Waals surface area contributed by atoms with Crippen LogP contribution in [0.25, 0.3) is 0 Å². The van der Waals surface area contributed by atoms with Gasteiger partial charge in [-0.3, -0.25) is 9.88 Å². The van der Waals surface area contributed by atoms with E-state index in [0.29, 0.717) is 6.04 Å². The van der Waals surface area contributed by atoms with Gasteiger partial charge in [-0.05, 0) is 26.0 Å². The van der Waals surface area contributed by atoms with Crippen molar-refractivity contribution >= 4 is 5.69 Å². The van der Waals surface area contributed by atoms with Crippen LogP contribution < -0.4 is 5.32 Å². The highest BCUT2D eigenvalue weighted by molar-refractivity contribution is 5.42. The molecular formula is C13H23N3O. The van der Waals surface area contributed by atoms with Crippen molar-refractivity contribution in [1.82, 2.24) is 9.88 Å². The Balaban J connectivity index is 2.64. The van der Waals surface area contributed by atoms with Crippen molar-refractivity contribution in [3.63, 3.8) is 0 Å². The maximum atomic E-state index is 5.13. The van der Waals surface area contributed by atoms with E-state index in [2.05, 4.69) is 35.1 Å². The molecule has 0 atom stereocenters. The molecule has 4 nitrogen and oxygen atoms in total. The number of ether oxygens (including phenoxy) is 1. The van der Waals surface area contributed by atoms with Gasteiger partial charge in [0, 0.05) is 45.2 Å². The summed E-state index contributed by atoms with van der Waals surface area (Å²) in [6.07, 6.45) is 1.84. The van der Waals surface area contributed by atoms with Gasteiger partial charge >= 0.3 is 0 Å². The quantitative estimate of drug-likeness (QED) is 0.787. The topological polar surface area (TPSA) is 37.4 Å². The van der Waals surface area contributed by atoms with E-state index >= 15 is 0 Å². The smallest absolute Gasteiger partial charge is 0.0589 e. The van der Waals surface area contributed by atoms with E-state index < -0.39 is 0 Å². The van der Waals surface area contributed by atoms with E-state index in [-0.39, 0.29) is 0 Å². The lowest BCUT2D eigenvalue weighted by molar-refractivity contribution is 0.124. The highest BCUT2D eigenvalue weighted by Crippen LogP contribution is 2.10. The molecule has 17 heavy (non-hydrogen) atoms. The second kappa shape index (κ2) is 7.25. The SMILES string of the molecule is CNc1ccnc(CN(CCOC)C(C)C)c1. The molecule has 0 bridgehead atoms. The predicted molar refractivity (Wildman–Crippen MR) is 71.2 cm³/mol. The van der Waals surface area contributed by atoms with Crippen LogP contribution in [-0.2, 0) is 11.3 Å². The fourth-order valence-corrected chi connectivity index (χ4v) is 1.66. The van der Waals surface area contributed by atoms with Crippen LogP contribution in [0.1, 0.15) is 19.5 Å². The van der Waals surface area contributed by atoms with Crippen molar-refractivity contribution in [3.05, 3.63) is 24.0 Å². The molecule has 4 heteroatoms. The Morgan fingerprint density at radius 1 is 1.47 bits per heavy atom. The van der Waals surface area contributed by atoms with Crippen molar-refractivity contribution in [2.24, 2.45) is 0 Å². The number of anilines is 1. The number of aromatic nitrogens is 1. The normalized spacial score (nSPS) is 11.2. The highest BCUT2D eigenvalue weighted by atomic mass is 16.5. The molecule has 0 aliphatic carbocycles. The molecule has 0 fully saturated rings. The molecule has 0 saturated carbocycles. The first-order chi connectivity index (χ1) is 8.17. The maximum absolute atomic E-state index is 5.13. The number of nitrogens with zero attached hydrogens (tertiary/aromatic N) is 2. The van der Waals surface area contributed by atoms with E-state index in [1.165, 1.54) is 0 Å². The fraction of sp³-hybridized carbons (Fsp3) is 0.615. The lowest BCUT2D eigenvalue weighted by Crippen LogP contribution is -2.33. The minimum absolute atomic E-state index is 0.491. The molecule has 0 radical (unpaired) electrons. The van der Waals surface area contributed by atoms with Crippen LogP contribution in [0, 0.1) is 0 Å². The first-order valence-electron chi connectivity index (χ1n) is 6.03. The van der Waals surface area contributed by atoms with Crippen LogP contribution in [-0.4, -0.2) is 43.2 Å². The number of methoxy groups -OCH3 is 1. The van der Waals surface area contributed by atoms with Gasteiger partial charge in [-0.15, -0.1) is 0 Å². The van der Waals surface area contributed by atoms with Gasteiger partial charge in [0.1, 0.15) is 0 Å². The van der Waals surface area contributed by atoms with Gasteiger partial charge < -0.3 is 10.1 Å². The van der Waals surface area contributed by atoms with Crippen LogP contribution in [0.5, 0.6) is 0 Å². The van der Waals surface area contributed by atoms with E-state index in [4.69, 9.17) is 4.74 Å². The van der Waals surface area contributed by atoms with Crippen molar-refractivity contribution in [3.8, 4) is 0 Å². The monoisotopic (exact) mass is 237 g/mol. The Morgan fingerprint density at radius 3 is 2.82 bits per heavy atom. The van der Waals surface area contributed by atoms with E-state index in [9.17, 15) is 0 Å². The maximum Gasteiger partial charge on any atom is 0.0589 e. The summed E-state index contributed by atoms with van der Waals surface area (Å²) in [5, 5.41) is 3.13. The molecule has 1 rings (SSSR count). The third-order valence-electron chi connectivity index (χ3n) is 2.78. The van der Waals surface area contributed by atoms with Crippen molar-refractivity contribution in [2.45, 2.75) is 26.4 Å². The second-order valence-corrected chi connectivity index (χ2v) is 4.34. The predicted octanol–water partition coefficient (Wildman–Crippen LogP) is 1.98. The number of hydrogen-bond donors (Lipinski definition) is 1. The number of hydrogen-bond acceptors (Lipinski definition) is 4. The average Bonchev–Trinajstić information content (AvgIpc) is 2.34. The van der Waals surface area contributed by atoms with Gasteiger partial charge in [0.2, 0.25) is 0 Å². The number of pyridine rings is 1. The van der Waals surface area contributed by atoms with Crippen LogP contribution in [0.3, 0.4) is 0 Å². The summed E-state index contributed by atoms with van der Waals surface area (Å²) in [4.78, 5) is 6.75. The minimum Gasteiger partial charge on any atom is -0.388 e. The van der Waals surface area contributed by atoms with E-state index in [1.807, 2.05) is 19.3 Å². The summed E-state index contributed by atoms with van der Waals surface area (Å²) in [6, 6.07) is 4.55. The summed E-state index contributed by atoms with van der Waals surface area (Å²) in [7, 11) is 3.66. The lowest BCUT2D eigenvalue weighted by Gasteiger charge is -2.25. The van der Waals surface area contributed by atoms with Crippen LogP contribution >= 0.6 is 0 Å². The van der Waals surface area contributed by atoms with Gasteiger partial charge in [-0.1, -0.05) is 0 Å². The van der Waals surface area contributed by atoms with Crippen LogP contribution in [0.2, 0.25) is 0 Å². The molecule has 0 amide bonds. The first kappa shape index (κ1) is 13.9. The molecule has 0 aliphatic heterocycles. The first-order valence-corrected chi connectivity index (χ1v) is 6.03. The molecule has 0 spiro atoms. The average molecular weight is 237 g/mol. The minimum atomic E-state index is 0.491. The zero-order valence-corrected chi connectivity index (χ0v) is 11.2. The molecule has 1 aromatic heterocycles. The van der Waals surface area contributed by atoms with Crippen molar-refractivity contribution < 1.29 is 4.74 Å². The molecule has 96 valence electrons. The highest BCUT2D eigenvalue weighted by Gasteiger charge is 2.10. The molecule has 0 saturated heterocycles. The van der Waals surface area contributed by atoms with E-state index in [0.717, 1.165) is 31.1 Å². The van der Waals surface area contributed by atoms with Gasteiger partial charge in [0.25, 0.3) is 0 Å². The Kier molecular flexibility index (Phi) is 5.94. The summed E-state index contributed by atoms with van der Waals surface area (Å²) >= 11 is 0. The van der Waals surface area contributed by atoms with Gasteiger partial charge in [-0.2, -0.15) is 0 Å². The molecule has 0 aromatic carbocycles. The lowest BCUT2D eigenvalue weighted by atomic mass is 10.2. The van der Waals surface area contributed by atoms with Gasteiger partial charge in [0.15, 0.2) is 0 Å². The van der Waals surface area contributed by atoms with Gasteiger partial charge in [-0.25, -0.2) is 0 Å². The third kappa shape index (κ3) is 4.71. The molecular weight excluding hydrogens is 214 g/mol. The Labute approximate surface area is 104 Å². The molecule has 1 heterocycles. The van der Waals surface area contributed by atoms with Gasteiger partial charge in [0.05, 0.1) is 12.3 Å². The van der Waals surface area contributed by atoms with Crippen LogP contribution in [0.15, 0.2) is 18.3 Å². The summed E-state index contributed by atoms with van der Waals surface area (Å²) < 4.78 is 5.13. The van der Waals surface area contributed by atoms with Crippen LogP contribution in [0.4, 0.5) is 5.69 Å². The third-order valence-corrected chi connectivity index (χ3v) is 2.78. The standard InChI is InChI=1S/C13H23N3O/c1-11(2)16(7-8-17-4)10-13-9-12(14-3)5-6-15-13/h5-6,9,11H,7-8,10H2,1-4H3,(H,14,15). The van der Waals surface area contributed by atoms with Crippen molar-refractivity contribution in [1.29, 1.82) is 0 Å². The zero-order chi connectivity index (χ0) is 12.7. The molecule has 0 unspecified atom stereocenters. The Morgan fingerprint density at radius 2 is 2.24 bits per heavy atom. The Bertz CT molecular complexity index is 328. The Hall–Kier alpha value is -1.13. The number of nitrogens with one attached hydrogen (secondary N) is 1.